The Morgan fingerprint density at radius 1 is 1.12 bits per heavy atom. The second-order valence-electron chi connectivity index (χ2n) is 3.70. The Morgan fingerprint density at radius 2 is 1.88 bits per heavy atom. The minimum absolute atomic E-state index is 0.175. The highest BCUT2D eigenvalue weighted by Crippen LogP contribution is 2.33. The maximum atomic E-state index is 8.87. The smallest absolute Gasteiger partial charge is 0.131 e. The third-order valence-electron chi connectivity index (χ3n) is 2.62. The molecule has 1 aromatic carbocycles. The van der Waals surface area contributed by atoms with Crippen LogP contribution in [0.5, 0.6) is 11.5 Å². The zero-order valence-corrected chi connectivity index (χ0v) is 10.7. The van der Waals surface area contributed by atoms with Gasteiger partial charge in [0.1, 0.15) is 11.5 Å². The molecule has 0 aromatic heterocycles. The van der Waals surface area contributed by atoms with Crippen molar-refractivity contribution in [3.05, 3.63) is 23.3 Å². The third-order valence-corrected chi connectivity index (χ3v) is 2.62. The number of rotatable bonds is 7. The van der Waals surface area contributed by atoms with Gasteiger partial charge in [-0.3, -0.25) is 0 Å². The molecule has 96 valence electrons. The second kappa shape index (κ2) is 7.14. The first kappa shape index (κ1) is 13.8. The van der Waals surface area contributed by atoms with Gasteiger partial charge < -0.3 is 19.3 Å². The molecule has 0 saturated heterocycles. The van der Waals surface area contributed by atoms with E-state index < -0.39 is 0 Å². The molecule has 0 amide bonds. The van der Waals surface area contributed by atoms with E-state index in [0.717, 1.165) is 35.5 Å². The summed E-state index contributed by atoms with van der Waals surface area (Å²) >= 11 is 0. The number of methoxy groups -OCH3 is 3. The van der Waals surface area contributed by atoms with Gasteiger partial charge in [0.15, 0.2) is 0 Å². The van der Waals surface area contributed by atoms with E-state index in [1.807, 2.05) is 12.1 Å². The van der Waals surface area contributed by atoms with Crippen molar-refractivity contribution in [3.63, 3.8) is 0 Å². The number of aliphatic hydroxyl groups excluding tert-OH is 1. The van der Waals surface area contributed by atoms with Crippen LogP contribution >= 0.6 is 0 Å². The summed E-state index contributed by atoms with van der Waals surface area (Å²) in [6.45, 7) is 0.619. The van der Waals surface area contributed by atoms with E-state index in [1.165, 1.54) is 0 Å². The molecule has 0 aliphatic heterocycles. The topological polar surface area (TPSA) is 47.9 Å². The van der Waals surface area contributed by atoms with Crippen molar-refractivity contribution in [2.45, 2.75) is 19.4 Å². The largest absolute Gasteiger partial charge is 0.496 e. The van der Waals surface area contributed by atoms with Crippen LogP contribution in [0, 0.1) is 0 Å². The summed E-state index contributed by atoms with van der Waals surface area (Å²) in [5.41, 5.74) is 1.97. The normalized spacial score (nSPS) is 10.4. The van der Waals surface area contributed by atoms with E-state index >= 15 is 0 Å². The fraction of sp³-hybridized carbons (Fsp3) is 0.538. The van der Waals surface area contributed by atoms with E-state index in [-0.39, 0.29) is 6.61 Å². The summed E-state index contributed by atoms with van der Waals surface area (Å²) < 4.78 is 15.9. The average Bonchev–Trinajstić information content (AvgIpc) is 2.36. The van der Waals surface area contributed by atoms with E-state index in [9.17, 15) is 0 Å². The molecule has 0 saturated carbocycles. The van der Waals surface area contributed by atoms with Crippen LogP contribution in [0.1, 0.15) is 17.5 Å². The molecule has 17 heavy (non-hydrogen) atoms. The Balaban J connectivity index is 3.10. The Labute approximate surface area is 102 Å². The molecule has 1 rings (SSSR count). The fourth-order valence-electron chi connectivity index (χ4n) is 1.85. The molecule has 0 aliphatic rings. The number of hydrogen-bond donors (Lipinski definition) is 1. The van der Waals surface area contributed by atoms with Gasteiger partial charge in [-0.25, -0.2) is 0 Å². The van der Waals surface area contributed by atoms with E-state index in [2.05, 4.69) is 0 Å². The van der Waals surface area contributed by atoms with E-state index in [0.29, 0.717) is 6.61 Å². The number of aryl methyl sites for hydroxylation is 1. The van der Waals surface area contributed by atoms with Crippen LogP contribution in [0.4, 0.5) is 0 Å². The first-order valence-corrected chi connectivity index (χ1v) is 5.61. The number of ether oxygens (including phenoxy) is 3. The Bertz CT molecular complexity index is 350. The van der Waals surface area contributed by atoms with Gasteiger partial charge in [0, 0.05) is 13.7 Å². The summed E-state index contributed by atoms with van der Waals surface area (Å²) in [4.78, 5) is 0. The SMILES string of the molecule is COCc1c(OC)ccc(CCCO)c1OC. The van der Waals surface area contributed by atoms with Crippen molar-refractivity contribution in [2.24, 2.45) is 0 Å². The molecule has 0 heterocycles. The highest BCUT2D eigenvalue weighted by molar-refractivity contribution is 5.50. The Hall–Kier alpha value is -1.26. The van der Waals surface area contributed by atoms with Crippen molar-refractivity contribution in [1.82, 2.24) is 0 Å². The highest BCUT2D eigenvalue weighted by Gasteiger charge is 2.14. The molecule has 0 atom stereocenters. The Kier molecular flexibility index (Phi) is 5.80. The van der Waals surface area contributed by atoms with Crippen LogP contribution in [0.15, 0.2) is 12.1 Å². The molecule has 4 heteroatoms. The van der Waals surface area contributed by atoms with Gasteiger partial charge >= 0.3 is 0 Å². The molecule has 4 nitrogen and oxygen atoms in total. The zero-order valence-electron chi connectivity index (χ0n) is 10.7. The van der Waals surface area contributed by atoms with Gasteiger partial charge in [-0.2, -0.15) is 0 Å². The minimum Gasteiger partial charge on any atom is -0.496 e. The van der Waals surface area contributed by atoms with Crippen LogP contribution in [0.25, 0.3) is 0 Å². The first-order chi connectivity index (χ1) is 8.28. The van der Waals surface area contributed by atoms with E-state index in [1.54, 1.807) is 21.3 Å². The van der Waals surface area contributed by atoms with Crippen LogP contribution in [-0.4, -0.2) is 33.0 Å². The van der Waals surface area contributed by atoms with Crippen LogP contribution in [0.2, 0.25) is 0 Å². The average molecular weight is 240 g/mol. The van der Waals surface area contributed by atoms with Gasteiger partial charge in [0.05, 0.1) is 26.4 Å². The molecule has 0 radical (unpaired) electrons. The first-order valence-electron chi connectivity index (χ1n) is 5.61. The lowest BCUT2D eigenvalue weighted by molar-refractivity contribution is 0.178. The lowest BCUT2D eigenvalue weighted by Crippen LogP contribution is -2.02. The van der Waals surface area contributed by atoms with Gasteiger partial charge in [-0.15, -0.1) is 0 Å². The molecule has 1 N–H and O–H groups in total. The minimum atomic E-state index is 0.175. The lowest BCUT2D eigenvalue weighted by Gasteiger charge is -2.16. The predicted molar refractivity (Wildman–Crippen MR) is 65.7 cm³/mol. The van der Waals surface area contributed by atoms with Crippen molar-refractivity contribution in [2.75, 3.05) is 27.9 Å². The highest BCUT2D eigenvalue weighted by atomic mass is 16.5. The zero-order chi connectivity index (χ0) is 12.7. The summed E-state index contributed by atoms with van der Waals surface area (Å²) in [5.74, 6) is 1.55. The van der Waals surface area contributed by atoms with Crippen molar-refractivity contribution < 1.29 is 19.3 Å². The molecule has 0 unspecified atom stereocenters. The predicted octanol–water partition coefficient (Wildman–Crippen LogP) is 1.78. The van der Waals surface area contributed by atoms with Crippen molar-refractivity contribution in [3.8, 4) is 11.5 Å². The summed E-state index contributed by atoms with van der Waals surface area (Å²) in [6.07, 6.45) is 1.50. The summed E-state index contributed by atoms with van der Waals surface area (Å²) in [5, 5.41) is 8.87. The van der Waals surface area contributed by atoms with Crippen LogP contribution < -0.4 is 9.47 Å². The van der Waals surface area contributed by atoms with Crippen molar-refractivity contribution in [1.29, 1.82) is 0 Å². The second-order valence-corrected chi connectivity index (χ2v) is 3.70. The summed E-state index contributed by atoms with van der Waals surface area (Å²) in [6, 6.07) is 3.87. The van der Waals surface area contributed by atoms with Crippen LogP contribution in [-0.2, 0) is 17.8 Å². The van der Waals surface area contributed by atoms with Crippen molar-refractivity contribution >= 4 is 0 Å². The van der Waals surface area contributed by atoms with E-state index in [4.69, 9.17) is 19.3 Å². The van der Waals surface area contributed by atoms with Gasteiger partial charge in [-0.1, -0.05) is 6.07 Å². The quantitative estimate of drug-likeness (QED) is 0.789. The molecule has 0 fully saturated rings. The summed E-state index contributed by atoms with van der Waals surface area (Å²) in [7, 11) is 4.90. The molecule has 0 spiro atoms. The van der Waals surface area contributed by atoms with Gasteiger partial charge in [0.2, 0.25) is 0 Å². The number of hydrogen-bond acceptors (Lipinski definition) is 4. The molecular formula is C13H20O4. The molecule has 0 aliphatic carbocycles. The van der Waals surface area contributed by atoms with Crippen LogP contribution in [0.3, 0.4) is 0 Å². The third kappa shape index (κ3) is 3.35. The fourth-order valence-corrected chi connectivity index (χ4v) is 1.85. The maximum absolute atomic E-state index is 8.87. The monoisotopic (exact) mass is 240 g/mol. The molecule has 0 bridgehead atoms. The number of aliphatic hydroxyl groups is 1. The lowest BCUT2D eigenvalue weighted by atomic mass is 10.0. The Morgan fingerprint density at radius 3 is 2.41 bits per heavy atom. The molecular weight excluding hydrogens is 220 g/mol. The van der Waals surface area contributed by atoms with Gasteiger partial charge in [-0.05, 0) is 24.5 Å². The van der Waals surface area contributed by atoms with Gasteiger partial charge in [0.25, 0.3) is 0 Å². The maximum Gasteiger partial charge on any atom is 0.131 e. The number of benzene rings is 1. The standard InChI is InChI=1S/C13H20O4/c1-15-9-11-12(16-2)7-6-10(5-4-8-14)13(11)17-3/h6-7,14H,4-5,8-9H2,1-3H3. The molecule has 1 aromatic rings.